The summed E-state index contributed by atoms with van der Waals surface area (Å²) in [6.45, 7) is 0.211. The number of aryl methyl sites for hydroxylation is 1. The monoisotopic (exact) mass is 341 g/mol. The van der Waals surface area contributed by atoms with Gasteiger partial charge in [-0.1, -0.05) is 18.2 Å². The predicted molar refractivity (Wildman–Crippen MR) is 95.2 cm³/mol. The molecule has 3 amide bonds. The maximum Gasteiger partial charge on any atom is 0.319 e. The molecule has 0 unspecified atom stereocenters. The molecule has 1 heterocycles. The van der Waals surface area contributed by atoms with E-state index >= 15 is 0 Å². The summed E-state index contributed by atoms with van der Waals surface area (Å²) < 4.78 is 1.67. The highest BCUT2D eigenvalue weighted by molar-refractivity contribution is 5.89. The summed E-state index contributed by atoms with van der Waals surface area (Å²) in [5, 5.41) is 10.4. The van der Waals surface area contributed by atoms with Crippen LogP contribution >= 0.6 is 0 Å². The third-order valence-corrected chi connectivity index (χ3v) is 4.27. The Morgan fingerprint density at radius 2 is 2.04 bits per heavy atom. The van der Waals surface area contributed by atoms with Crippen molar-refractivity contribution in [2.75, 3.05) is 19.4 Å². The summed E-state index contributed by atoms with van der Waals surface area (Å²) in [7, 11) is 3.45. The summed E-state index contributed by atoms with van der Waals surface area (Å²) in [5.41, 5.74) is 2.71. The highest BCUT2D eigenvalue weighted by Crippen LogP contribution is 2.28. The van der Waals surface area contributed by atoms with E-state index < -0.39 is 0 Å². The van der Waals surface area contributed by atoms with Crippen LogP contribution in [-0.2, 0) is 17.8 Å². The average molecular weight is 341 g/mol. The van der Waals surface area contributed by atoms with Gasteiger partial charge in [-0.05, 0) is 37.0 Å². The third-order valence-electron chi connectivity index (χ3n) is 4.27. The fourth-order valence-electron chi connectivity index (χ4n) is 2.95. The lowest BCUT2D eigenvalue weighted by atomic mass is 9.94. The van der Waals surface area contributed by atoms with Crippen molar-refractivity contribution in [2.45, 2.75) is 31.8 Å². The van der Waals surface area contributed by atoms with Gasteiger partial charge in [-0.2, -0.15) is 5.10 Å². The van der Waals surface area contributed by atoms with Crippen LogP contribution in [0.1, 0.15) is 30.1 Å². The van der Waals surface area contributed by atoms with Crippen molar-refractivity contribution in [3.8, 4) is 0 Å². The van der Waals surface area contributed by atoms with Crippen molar-refractivity contribution >= 4 is 17.6 Å². The van der Waals surface area contributed by atoms with Gasteiger partial charge in [0.05, 0.1) is 11.7 Å². The maximum atomic E-state index is 12.2. The zero-order valence-corrected chi connectivity index (χ0v) is 14.5. The molecule has 0 bridgehead atoms. The molecule has 132 valence electrons. The Morgan fingerprint density at radius 3 is 2.76 bits per heavy atom. The lowest BCUT2D eigenvalue weighted by molar-refractivity contribution is -0.129. The number of hydrogen-bond acceptors (Lipinski definition) is 3. The average Bonchev–Trinajstić information content (AvgIpc) is 2.99. The Kier molecular flexibility index (Phi) is 5.02. The molecule has 1 aliphatic rings. The van der Waals surface area contributed by atoms with Crippen molar-refractivity contribution in [1.82, 2.24) is 20.0 Å². The largest absolute Gasteiger partial charge is 0.347 e. The quantitative estimate of drug-likeness (QED) is 0.894. The molecule has 1 aliphatic carbocycles. The second-order valence-electron chi connectivity index (χ2n) is 6.43. The molecule has 2 N–H and O–H groups in total. The fourth-order valence-corrected chi connectivity index (χ4v) is 2.95. The van der Waals surface area contributed by atoms with Crippen LogP contribution in [0.3, 0.4) is 0 Å². The van der Waals surface area contributed by atoms with E-state index in [-0.39, 0.29) is 24.5 Å². The molecule has 0 fully saturated rings. The summed E-state index contributed by atoms with van der Waals surface area (Å²) in [4.78, 5) is 25.7. The lowest BCUT2D eigenvalue weighted by Gasteiger charge is -2.22. The molecular weight excluding hydrogens is 318 g/mol. The van der Waals surface area contributed by atoms with E-state index in [0.717, 1.165) is 36.2 Å². The van der Waals surface area contributed by atoms with E-state index in [4.69, 9.17) is 0 Å². The third kappa shape index (κ3) is 4.17. The van der Waals surface area contributed by atoms with Gasteiger partial charge in [-0.25, -0.2) is 4.79 Å². The highest BCUT2D eigenvalue weighted by atomic mass is 16.2. The molecule has 1 atom stereocenters. The molecule has 7 heteroatoms. The van der Waals surface area contributed by atoms with E-state index in [1.54, 1.807) is 23.7 Å². The Hall–Kier alpha value is -2.83. The minimum atomic E-state index is -0.247. The Labute approximate surface area is 147 Å². The number of nitrogens with zero attached hydrogens (tertiary/aromatic N) is 3. The Balaban J connectivity index is 1.67. The first-order valence-corrected chi connectivity index (χ1v) is 8.42. The van der Waals surface area contributed by atoms with Gasteiger partial charge in [0, 0.05) is 26.0 Å². The summed E-state index contributed by atoms with van der Waals surface area (Å²) in [6.07, 6.45) is 4.66. The molecule has 0 aliphatic heterocycles. The van der Waals surface area contributed by atoms with Crippen molar-refractivity contribution < 1.29 is 9.59 Å². The number of anilines is 1. The number of para-hydroxylation sites is 1. The fraction of sp³-hybridized carbons (Fsp3) is 0.389. The van der Waals surface area contributed by atoms with E-state index in [1.807, 2.05) is 36.5 Å². The van der Waals surface area contributed by atoms with Gasteiger partial charge >= 0.3 is 6.03 Å². The van der Waals surface area contributed by atoms with Gasteiger partial charge in [0.1, 0.15) is 6.54 Å². The first kappa shape index (κ1) is 17.0. The van der Waals surface area contributed by atoms with Gasteiger partial charge in [0.25, 0.3) is 0 Å². The predicted octanol–water partition coefficient (Wildman–Crippen LogP) is 2.17. The zero-order valence-electron chi connectivity index (χ0n) is 14.5. The van der Waals surface area contributed by atoms with Crippen LogP contribution in [0.5, 0.6) is 0 Å². The number of urea groups is 1. The molecule has 3 rings (SSSR count). The molecule has 2 aromatic rings. The van der Waals surface area contributed by atoms with Crippen LogP contribution in [-0.4, -0.2) is 40.7 Å². The van der Waals surface area contributed by atoms with Gasteiger partial charge in [0.15, 0.2) is 0 Å². The molecule has 7 nitrogen and oxygen atoms in total. The summed E-state index contributed by atoms with van der Waals surface area (Å²) >= 11 is 0. The minimum absolute atomic E-state index is 0.00817. The number of benzene rings is 1. The van der Waals surface area contributed by atoms with Crippen molar-refractivity contribution in [2.24, 2.45) is 0 Å². The van der Waals surface area contributed by atoms with Gasteiger partial charge in [0.2, 0.25) is 5.91 Å². The van der Waals surface area contributed by atoms with E-state index in [9.17, 15) is 9.59 Å². The number of carbonyl (C=O) groups excluding carboxylic acids is 2. The number of carbonyl (C=O) groups is 2. The van der Waals surface area contributed by atoms with Crippen molar-refractivity contribution in [3.05, 3.63) is 47.8 Å². The van der Waals surface area contributed by atoms with Crippen molar-refractivity contribution in [1.29, 1.82) is 0 Å². The summed E-state index contributed by atoms with van der Waals surface area (Å²) in [6, 6.07) is 8.94. The van der Waals surface area contributed by atoms with Crippen LogP contribution < -0.4 is 10.6 Å². The number of aromatic nitrogens is 2. The second-order valence-corrected chi connectivity index (χ2v) is 6.43. The molecule has 0 spiro atoms. The number of fused-ring (bicyclic) bond motifs is 1. The SMILES string of the molecule is CN(C)C(=O)Cn1cc2c(n1)[C@@H](NC(=O)Nc1ccccc1)CCC2. The van der Waals surface area contributed by atoms with E-state index in [0.29, 0.717) is 0 Å². The minimum Gasteiger partial charge on any atom is -0.347 e. The zero-order chi connectivity index (χ0) is 17.8. The standard InChI is InChI=1S/C18H23N5O2/c1-22(2)16(24)12-23-11-13-7-6-10-15(17(13)21-23)20-18(25)19-14-8-4-3-5-9-14/h3-5,8-9,11,15H,6-7,10,12H2,1-2H3,(H2,19,20,25)/t15-/m0/s1. The van der Waals surface area contributed by atoms with Gasteiger partial charge in [-0.15, -0.1) is 0 Å². The molecule has 1 aromatic carbocycles. The normalized spacial score (nSPS) is 16.0. The Morgan fingerprint density at radius 1 is 1.28 bits per heavy atom. The molecular formula is C18H23N5O2. The first-order valence-electron chi connectivity index (χ1n) is 8.42. The van der Waals surface area contributed by atoms with Gasteiger partial charge < -0.3 is 15.5 Å². The van der Waals surface area contributed by atoms with Crippen LogP contribution in [0.2, 0.25) is 0 Å². The number of nitrogens with one attached hydrogen (secondary N) is 2. The van der Waals surface area contributed by atoms with Crippen LogP contribution in [0, 0.1) is 0 Å². The van der Waals surface area contributed by atoms with Crippen molar-refractivity contribution in [3.63, 3.8) is 0 Å². The highest BCUT2D eigenvalue weighted by Gasteiger charge is 2.25. The van der Waals surface area contributed by atoms with Gasteiger partial charge in [-0.3, -0.25) is 9.48 Å². The smallest absolute Gasteiger partial charge is 0.319 e. The molecule has 0 radical (unpaired) electrons. The number of hydrogen-bond donors (Lipinski definition) is 2. The molecule has 25 heavy (non-hydrogen) atoms. The molecule has 1 aromatic heterocycles. The molecule has 0 saturated heterocycles. The Bertz CT molecular complexity index is 754. The number of amides is 3. The van der Waals surface area contributed by atoms with E-state index in [2.05, 4.69) is 15.7 Å². The topological polar surface area (TPSA) is 79.3 Å². The first-order chi connectivity index (χ1) is 12.0. The molecule has 0 saturated carbocycles. The van der Waals surface area contributed by atoms with Crippen LogP contribution in [0.25, 0.3) is 0 Å². The lowest BCUT2D eigenvalue weighted by Crippen LogP contribution is -2.34. The van der Waals surface area contributed by atoms with Crippen LogP contribution in [0.4, 0.5) is 10.5 Å². The number of rotatable bonds is 4. The number of likely N-dealkylation sites (N-methyl/N-ethyl adjacent to an activating group) is 1. The maximum absolute atomic E-state index is 12.2. The van der Waals surface area contributed by atoms with E-state index in [1.165, 1.54) is 0 Å². The van der Waals surface area contributed by atoms with Crippen LogP contribution in [0.15, 0.2) is 36.5 Å². The second kappa shape index (κ2) is 7.38. The summed E-state index contributed by atoms with van der Waals surface area (Å²) in [5.74, 6) is -0.00817.